The number of rotatable bonds is 8. The smallest absolute Gasteiger partial charge is 0.231 e. The van der Waals surface area contributed by atoms with Gasteiger partial charge in [-0.3, -0.25) is 9.59 Å². The Kier molecular flexibility index (Phi) is 6.30. The molecule has 0 radical (unpaired) electrons. The summed E-state index contributed by atoms with van der Waals surface area (Å²) < 4.78 is 0. The number of nitrogens with one attached hydrogen (secondary N) is 1. The van der Waals surface area contributed by atoms with Crippen molar-refractivity contribution in [2.75, 3.05) is 18.4 Å². The van der Waals surface area contributed by atoms with Crippen LogP contribution < -0.4 is 5.32 Å². The predicted octanol–water partition coefficient (Wildman–Crippen LogP) is 2.47. The van der Waals surface area contributed by atoms with Gasteiger partial charge in [0.2, 0.25) is 16.9 Å². The molecule has 6 nitrogen and oxygen atoms in total. The van der Waals surface area contributed by atoms with Crippen molar-refractivity contribution in [1.29, 1.82) is 0 Å². The Balaban J connectivity index is 1.84. The number of unbranched alkanes of at least 4 members (excludes halogenated alkanes) is 2. The third-order valence-corrected chi connectivity index (χ3v) is 4.71. The second kappa shape index (κ2) is 8.22. The highest BCUT2D eigenvalue weighted by atomic mass is 32.1. The molecule has 0 saturated carbocycles. The van der Waals surface area contributed by atoms with Crippen LogP contribution in [0.3, 0.4) is 0 Å². The second-order valence-corrected chi connectivity index (χ2v) is 6.75. The third kappa shape index (κ3) is 4.50. The van der Waals surface area contributed by atoms with E-state index in [1.165, 1.54) is 11.3 Å². The quantitative estimate of drug-likeness (QED) is 0.797. The van der Waals surface area contributed by atoms with Gasteiger partial charge in [0.1, 0.15) is 5.01 Å². The van der Waals surface area contributed by atoms with Crippen LogP contribution in [0.5, 0.6) is 0 Å². The summed E-state index contributed by atoms with van der Waals surface area (Å²) in [6.07, 6.45) is 5.42. The van der Waals surface area contributed by atoms with Crippen molar-refractivity contribution in [2.45, 2.75) is 52.4 Å². The summed E-state index contributed by atoms with van der Waals surface area (Å²) in [5.74, 6) is -0.313. The number of aryl methyl sites for hydroxylation is 1. The fraction of sp³-hybridized carbons (Fsp3) is 0.733. The Morgan fingerprint density at radius 2 is 2.09 bits per heavy atom. The fourth-order valence-corrected chi connectivity index (χ4v) is 3.24. The fourth-order valence-electron chi connectivity index (χ4n) is 2.45. The molecule has 1 aliphatic rings. The molecule has 0 bridgehead atoms. The van der Waals surface area contributed by atoms with E-state index in [1.54, 1.807) is 4.90 Å². The molecule has 7 heteroatoms. The van der Waals surface area contributed by atoms with Crippen LogP contribution in [0.15, 0.2) is 0 Å². The first kappa shape index (κ1) is 16.9. The minimum atomic E-state index is -0.271. The van der Waals surface area contributed by atoms with Gasteiger partial charge in [-0.05, 0) is 12.8 Å². The summed E-state index contributed by atoms with van der Waals surface area (Å²) in [6.45, 7) is 5.49. The standard InChI is InChI=1S/C15H24N4O2S/c1-3-5-7-12-17-18-15(22-12)16-14(21)11-9-13(20)19(10-11)8-6-4-2/h11H,3-10H2,1-2H3,(H,16,18,21)/t11-/m0/s1. The Morgan fingerprint density at radius 1 is 1.32 bits per heavy atom. The molecule has 1 aliphatic heterocycles. The molecule has 1 N–H and O–H groups in total. The van der Waals surface area contributed by atoms with E-state index in [4.69, 9.17) is 0 Å². The van der Waals surface area contributed by atoms with E-state index in [1.807, 2.05) is 0 Å². The van der Waals surface area contributed by atoms with E-state index in [2.05, 4.69) is 29.4 Å². The topological polar surface area (TPSA) is 75.2 Å². The maximum absolute atomic E-state index is 12.3. The van der Waals surface area contributed by atoms with Crippen molar-refractivity contribution in [2.24, 2.45) is 5.92 Å². The van der Waals surface area contributed by atoms with Gasteiger partial charge < -0.3 is 10.2 Å². The van der Waals surface area contributed by atoms with Gasteiger partial charge in [-0.1, -0.05) is 38.0 Å². The molecule has 2 rings (SSSR count). The Morgan fingerprint density at radius 3 is 2.82 bits per heavy atom. The maximum Gasteiger partial charge on any atom is 0.231 e. The summed E-state index contributed by atoms with van der Waals surface area (Å²) in [4.78, 5) is 25.9. The summed E-state index contributed by atoms with van der Waals surface area (Å²) in [6, 6.07) is 0. The number of hydrogen-bond acceptors (Lipinski definition) is 5. The average Bonchev–Trinajstić information content (AvgIpc) is 3.09. The first-order chi connectivity index (χ1) is 10.6. The molecule has 1 atom stereocenters. The molecule has 1 aromatic heterocycles. The third-order valence-electron chi connectivity index (χ3n) is 3.81. The zero-order chi connectivity index (χ0) is 15.9. The number of anilines is 1. The van der Waals surface area contributed by atoms with E-state index in [-0.39, 0.29) is 17.7 Å². The number of nitrogens with zero attached hydrogens (tertiary/aromatic N) is 3. The van der Waals surface area contributed by atoms with Crippen LogP contribution in [0.1, 0.15) is 51.0 Å². The first-order valence-corrected chi connectivity index (χ1v) is 8.86. The highest BCUT2D eigenvalue weighted by molar-refractivity contribution is 7.15. The molecule has 0 spiro atoms. The van der Waals surface area contributed by atoms with Crippen LogP contribution in [0.2, 0.25) is 0 Å². The Labute approximate surface area is 135 Å². The van der Waals surface area contributed by atoms with Crippen molar-refractivity contribution in [3.63, 3.8) is 0 Å². The lowest BCUT2D eigenvalue weighted by molar-refractivity contribution is -0.128. The van der Waals surface area contributed by atoms with E-state index in [0.29, 0.717) is 18.1 Å². The molecule has 2 heterocycles. The van der Waals surface area contributed by atoms with E-state index < -0.39 is 0 Å². The highest BCUT2D eigenvalue weighted by Crippen LogP contribution is 2.22. The maximum atomic E-state index is 12.3. The molecule has 1 saturated heterocycles. The molecular weight excluding hydrogens is 300 g/mol. The van der Waals surface area contributed by atoms with Gasteiger partial charge in [-0.2, -0.15) is 0 Å². The molecule has 0 aromatic carbocycles. The minimum absolute atomic E-state index is 0.0782. The van der Waals surface area contributed by atoms with Crippen molar-refractivity contribution >= 4 is 28.3 Å². The van der Waals surface area contributed by atoms with E-state index in [9.17, 15) is 9.59 Å². The lowest BCUT2D eigenvalue weighted by atomic mass is 10.1. The van der Waals surface area contributed by atoms with Crippen molar-refractivity contribution < 1.29 is 9.59 Å². The Hall–Kier alpha value is -1.50. The summed E-state index contributed by atoms with van der Waals surface area (Å²) >= 11 is 1.42. The monoisotopic (exact) mass is 324 g/mol. The van der Waals surface area contributed by atoms with Gasteiger partial charge in [0.15, 0.2) is 0 Å². The van der Waals surface area contributed by atoms with Crippen LogP contribution >= 0.6 is 11.3 Å². The molecule has 22 heavy (non-hydrogen) atoms. The van der Waals surface area contributed by atoms with Gasteiger partial charge in [0.05, 0.1) is 5.92 Å². The molecular formula is C15H24N4O2S. The van der Waals surface area contributed by atoms with Gasteiger partial charge in [0.25, 0.3) is 0 Å². The van der Waals surface area contributed by atoms with Crippen molar-refractivity contribution in [3.8, 4) is 0 Å². The number of carbonyl (C=O) groups is 2. The summed E-state index contributed by atoms with van der Waals surface area (Å²) in [5, 5.41) is 12.4. The summed E-state index contributed by atoms with van der Waals surface area (Å²) in [5.41, 5.74) is 0. The average molecular weight is 324 g/mol. The van der Waals surface area contributed by atoms with Crippen LogP contribution in [0, 0.1) is 5.92 Å². The van der Waals surface area contributed by atoms with Crippen molar-refractivity contribution in [1.82, 2.24) is 15.1 Å². The van der Waals surface area contributed by atoms with Gasteiger partial charge >= 0.3 is 0 Å². The lowest BCUT2D eigenvalue weighted by Gasteiger charge is -2.15. The van der Waals surface area contributed by atoms with Crippen LogP contribution in [0.4, 0.5) is 5.13 Å². The molecule has 1 aromatic rings. The molecule has 0 unspecified atom stereocenters. The number of hydrogen-bond donors (Lipinski definition) is 1. The highest BCUT2D eigenvalue weighted by Gasteiger charge is 2.34. The van der Waals surface area contributed by atoms with Crippen LogP contribution in [-0.4, -0.2) is 40.0 Å². The zero-order valence-electron chi connectivity index (χ0n) is 13.3. The summed E-state index contributed by atoms with van der Waals surface area (Å²) in [7, 11) is 0. The SMILES string of the molecule is CCCCc1nnc(NC(=O)[C@H]2CC(=O)N(CCCC)C2)s1. The van der Waals surface area contributed by atoms with E-state index in [0.717, 1.165) is 43.7 Å². The van der Waals surface area contributed by atoms with Crippen molar-refractivity contribution in [3.05, 3.63) is 5.01 Å². The van der Waals surface area contributed by atoms with E-state index >= 15 is 0 Å². The molecule has 2 amide bonds. The Bertz CT molecular complexity index is 517. The molecule has 0 aliphatic carbocycles. The molecule has 1 fully saturated rings. The zero-order valence-corrected chi connectivity index (χ0v) is 14.1. The second-order valence-electron chi connectivity index (χ2n) is 5.69. The van der Waals surface area contributed by atoms with Crippen LogP contribution in [0.25, 0.3) is 0 Å². The minimum Gasteiger partial charge on any atom is -0.342 e. The lowest BCUT2D eigenvalue weighted by Crippen LogP contribution is -2.29. The number of carbonyl (C=O) groups excluding carboxylic acids is 2. The largest absolute Gasteiger partial charge is 0.342 e. The normalized spacial score (nSPS) is 18.0. The molecule has 122 valence electrons. The van der Waals surface area contributed by atoms with Gasteiger partial charge in [-0.15, -0.1) is 10.2 Å². The number of amides is 2. The predicted molar refractivity (Wildman–Crippen MR) is 86.7 cm³/mol. The first-order valence-electron chi connectivity index (χ1n) is 8.05. The van der Waals surface area contributed by atoms with Gasteiger partial charge in [-0.25, -0.2) is 0 Å². The number of likely N-dealkylation sites (tertiary alicyclic amines) is 1. The number of aromatic nitrogens is 2. The van der Waals surface area contributed by atoms with Crippen LogP contribution in [-0.2, 0) is 16.0 Å². The van der Waals surface area contributed by atoms with Gasteiger partial charge in [0, 0.05) is 25.9 Å².